The van der Waals surface area contributed by atoms with Gasteiger partial charge in [0, 0.05) is 26.4 Å². The van der Waals surface area contributed by atoms with Crippen LogP contribution in [0.1, 0.15) is 439 Å². The molecular formula is C78H158O6. The Labute approximate surface area is 529 Å². The fourth-order valence-corrected chi connectivity index (χ4v) is 12.8. The molecule has 0 aromatic carbocycles. The summed E-state index contributed by atoms with van der Waals surface area (Å²) in [4.78, 5) is 0. The van der Waals surface area contributed by atoms with Crippen molar-refractivity contribution in [3.8, 4) is 0 Å². The van der Waals surface area contributed by atoms with Crippen LogP contribution in [-0.2, 0) is 18.9 Å². The van der Waals surface area contributed by atoms with Crippen LogP contribution in [0.2, 0.25) is 0 Å². The van der Waals surface area contributed by atoms with Gasteiger partial charge < -0.3 is 29.2 Å². The average molecular weight is 1190 g/mol. The molecule has 0 aliphatic carbocycles. The van der Waals surface area contributed by atoms with E-state index in [2.05, 4.69) is 27.7 Å². The molecule has 0 bridgehead atoms. The van der Waals surface area contributed by atoms with Crippen LogP contribution in [0.15, 0.2) is 0 Å². The van der Waals surface area contributed by atoms with E-state index >= 15 is 0 Å². The maximum atomic E-state index is 11.5. The Morgan fingerprint density at radius 2 is 0.393 bits per heavy atom. The number of unbranched alkanes of at least 4 members (excludes halogenated alkanes) is 60. The first kappa shape index (κ1) is 83.8. The quantitative estimate of drug-likeness (QED) is 0.0591. The molecule has 0 heterocycles. The summed E-state index contributed by atoms with van der Waals surface area (Å²) >= 11 is 0. The summed E-state index contributed by atoms with van der Waals surface area (Å²) in [6.07, 6.45) is 83.6. The molecule has 0 saturated carbocycles. The van der Waals surface area contributed by atoms with Crippen molar-refractivity contribution in [3.05, 3.63) is 0 Å². The highest BCUT2D eigenvalue weighted by molar-refractivity contribution is 4.85. The number of rotatable bonds is 77. The summed E-state index contributed by atoms with van der Waals surface area (Å²) < 4.78 is 26.9. The molecule has 0 rings (SSSR count). The molecule has 0 unspecified atom stereocenters. The van der Waals surface area contributed by atoms with Gasteiger partial charge in [0.1, 0.15) is 24.4 Å². The highest BCUT2D eigenvalue weighted by atomic mass is 16.6. The van der Waals surface area contributed by atoms with Crippen molar-refractivity contribution in [1.29, 1.82) is 0 Å². The summed E-state index contributed by atoms with van der Waals surface area (Å²) in [6.45, 7) is 11.8. The van der Waals surface area contributed by atoms with E-state index in [-0.39, 0.29) is 12.7 Å². The van der Waals surface area contributed by atoms with Gasteiger partial charge in [-0.15, -0.1) is 0 Å². The van der Waals surface area contributed by atoms with E-state index in [0.29, 0.717) is 26.4 Å². The highest BCUT2D eigenvalue weighted by Crippen LogP contribution is 2.23. The van der Waals surface area contributed by atoms with Crippen LogP contribution < -0.4 is 0 Å². The molecule has 0 aliphatic heterocycles. The van der Waals surface area contributed by atoms with Crippen molar-refractivity contribution in [2.45, 2.75) is 463 Å². The van der Waals surface area contributed by atoms with Gasteiger partial charge in [-0.1, -0.05) is 413 Å². The third-order valence-electron chi connectivity index (χ3n) is 18.6. The van der Waals surface area contributed by atoms with E-state index < -0.39 is 18.3 Å². The second kappa shape index (κ2) is 75.2. The van der Waals surface area contributed by atoms with Crippen molar-refractivity contribution >= 4 is 0 Å². The number of aliphatic hydroxyl groups excluding tert-OH is 2. The fourth-order valence-electron chi connectivity index (χ4n) is 12.8. The van der Waals surface area contributed by atoms with Gasteiger partial charge in [0.15, 0.2) is 0 Å². The summed E-state index contributed by atoms with van der Waals surface area (Å²) in [5.41, 5.74) is 0. The van der Waals surface area contributed by atoms with Gasteiger partial charge in [0.2, 0.25) is 0 Å². The minimum absolute atomic E-state index is 0.353. The minimum atomic E-state index is -1.04. The van der Waals surface area contributed by atoms with Crippen molar-refractivity contribution in [3.63, 3.8) is 0 Å². The SMILES string of the molecule is CCCCCCCCCCCCCCCCCCOC[C@H](OCCCCCCCCCCCCCCCCCC)[C@@H](OCCCCCCCCCCCCCCCCCC)[C@H](OCCCCCCCCCCCCCCCCCC)[C@H](O)CO. The molecule has 0 radical (unpaired) electrons. The van der Waals surface area contributed by atoms with E-state index in [9.17, 15) is 10.2 Å². The maximum absolute atomic E-state index is 11.5. The molecule has 2 N–H and O–H groups in total. The largest absolute Gasteiger partial charge is 0.394 e. The second-order valence-corrected chi connectivity index (χ2v) is 27.1. The standard InChI is InChI=1S/C78H158O6/c1-5-9-13-17-21-25-29-33-37-41-45-49-53-57-61-65-69-81-74-76(82-70-66-62-58-54-50-46-42-38-34-30-26-22-18-14-10-6-2)78(84-72-68-64-60-56-52-48-44-40-36-32-28-24-20-16-12-8-4)77(75(80)73-79)83-71-67-63-59-55-51-47-43-39-35-31-27-23-19-15-11-7-3/h75-80H,5-74H2,1-4H3/t75-,76+,77-,78-/m1/s1. The molecule has 6 nitrogen and oxygen atoms in total. The first-order valence-corrected chi connectivity index (χ1v) is 39.4. The number of hydrogen-bond donors (Lipinski definition) is 2. The molecule has 0 aromatic heterocycles. The Bertz CT molecular complexity index is 1140. The van der Waals surface area contributed by atoms with Crippen molar-refractivity contribution in [2.75, 3.05) is 39.6 Å². The topological polar surface area (TPSA) is 77.4 Å². The fraction of sp³-hybridized carbons (Fsp3) is 1.00. The Balaban J connectivity index is 5.35. The number of hydrogen-bond acceptors (Lipinski definition) is 6. The predicted molar refractivity (Wildman–Crippen MR) is 371 cm³/mol. The van der Waals surface area contributed by atoms with Gasteiger partial charge in [-0.25, -0.2) is 0 Å². The van der Waals surface area contributed by atoms with Crippen LogP contribution in [0.3, 0.4) is 0 Å². The monoisotopic (exact) mass is 1190 g/mol. The maximum Gasteiger partial charge on any atom is 0.115 e. The third-order valence-corrected chi connectivity index (χ3v) is 18.6. The molecule has 6 heteroatoms. The van der Waals surface area contributed by atoms with Gasteiger partial charge in [-0.3, -0.25) is 0 Å². The molecule has 0 aliphatic rings. The summed E-state index contributed by atoms with van der Waals surface area (Å²) in [7, 11) is 0. The zero-order valence-electron chi connectivity index (χ0n) is 58.3. The van der Waals surface area contributed by atoms with E-state index in [1.165, 1.54) is 372 Å². The lowest BCUT2D eigenvalue weighted by molar-refractivity contribution is -0.185. The number of aliphatic hydroxyl groups is 2. The Kier molecular flexibility index (Phi) is 75.0. The molecular weight excluding hydrogens is 1030 g/mol. The van der Waals surface area contributed by atoms with Crippen LogP contribution in [0.25, 0.3) is 0 Å². The van der Waals surface area contributed by atoms with E-state index in [0.717, 1.165) is 45.1 Å². The Morgan fingerprint density at radius 1 is 0.214 bits per heavy atom. The lowest BCUT2D eigenvalue weighted by atomic mass is 10.0. The van der Waals surface area contributed by atoms with Crippen LogP contribution >= 0.6 is 0 Å². The smallest absolute Gasteiger partial charge is 0.115 e. The van der Waals surface area contributed by atoms with Gasteiger partial charge in [-0.2, -0.15) is 0 Å². The van der Waals surface area contributed by atoms with Crippen LogP contribution in [-0.4, -0.2) is 74.3 Å². The lowest BCUT2D eigenvalue weighted by Crippen LogP contribution is -2.51. The average Bonchev–Trinajstić information content (AvgIpc) is 3.58. The summed E-state index contributed by atoms with van der Waals surface area (Å²) in [6, 6.07) is 0. The van der Waals surface area contributed by atoms with Crippen LogP contribution in [0.4, 0.5) is 0 Å². The van der Waals surface area contributed by atoms with Gasteiger partial charge >= 0.3 is 0 Å². The van der Waals surface area contributed by atoms with Gasteiger partial charge in [-0.05, 0) is 25.7 Å². The van der Waals surface area contributed by atoms with Crippen LogP contribution in [0.5, 0.6) is 0 Å². The lowest BCUT2D eigenvalue weighted by Gasteiger charge is -2.35. The minimum Gasteiger partial charge on any atom is -0.394 e. The second-order valence-electron chi connectivity index (χ2n) is 27.1. The van der Waals surface area contributed by atoms with Crippen molar-refractivity contribution in [2.24, 2.45) is 0 Å². The van der Waals surface area contributed by atoms with Gasteiger partial charge in [0.05, 0.1) is 13.2 Å². The molecule has 0 fully saturated rings. The Hall–Kier alpha value is -0.240. The first-order chi connectivity index (χ1) is 41.7. The normalized spacial score (nSPS) is 13.4. The van der Waals surface area contributed by atoms with E-state index in [1.54, 1.807) is 0 Å². The van der Waals surface area contributed by atoms with E-state index in [4.69, 9.17) is 18.9 Å². The first-order valence-electron chi connectivity index (χ1n) is 39.4. The van der Waals surface area contributed by atoms with Crippen molar-refractivity contribution < 1.29 is 29.2 Å². The third kappa shape index (κ3) is 64.7. The molecule has 0 amide bonds. The zero-order valence-corrected chi connectivity index (χ0v) is 58.3. The van der Waals surface area contributed by atoms with Crippen LogP contribution in [0, 0.1) is 0 Å². The zero-order chi connectivity index (χ0) is 60.6. The molecule has 506 valence electrons. The highest BCUT2D eigenvalue weighted by Gasteiger charge is 2.37. The van der Waals surface area contributed by atoms with Gasteiger partial charge in [0.25, 0.3) is 0 Å². The van der Waals surface area contributed by atoms with E-state index in [1.807, 2.05) is 0 Å². The summed E-state index contributed by atoms with van der Waals surface area (Å²) in [5, 5.41) is 22.0. The molecule has 0 spiro atoms. The molecule has 4 atom stereocenters. The molecule has 0 aromatic rings. The Morgan fingerprint density at radius 3 is 0.607 bits per heavy atom. The molecule has 84 heavy (non-hydrogen) atoms. The molecule has 0 saturated heterocycles. The van der Waals surface area contributed by atoms with Crippen molar-refractivity contribution in [1.82, 2.24) is 0 Å². The predicted octanol–water partition coefficient (Wildman–Crippen LogP) is 25.6. The summed E-state index contributed by atoms with van der Waals surface area (Å²) in [5.74, 6) is 0. The number of ether oxygens (including phenoxy) is 4.